The lowest BCUT2D eigenvalue weighted by atomic mass is 9.74. The van der Waals surface area contributed by atoms with E-state index in [2.05, 4.69) is 0 Å². The molecule has 0 atom stereocenters. The van der Waals surface area contributed by atoms with E-state index in [1.54, 1.807) is 0 Å². The van der Waals surface area contributed by atoms with Crippen molar-refractivity contribution >= 4 is 0 Å². The Bertz CT molecular complexity index is 400. The van der Waals surface area contributed by atoms with Crippen molar-refractivity contribution in [2.24, 2.45) is 0 Å². The molecule has 0 aromatic heterocycles. The molecule has 76 valence electrons. The van der Waals surface area contributed by atoms with Crippen molar-refractivity contribution in [1.82, 2.24) is 0 Å². The molecule has 2 rings (SSSR count). The minimum atomic E-state index is -0.239. The number of hydrogen-bond acceptors (Lipinski definition) is 3. The molecule has 3 nitrogen and oxygen atoms in total. The second kappa shape index (κ2) is 3.79. The zero-order chi connectivity index (χ0) is 10.7. The number of hydrogen-bond donors (Lipinski definition) is 0. The first-order chi connectivity index (χ1) is 7.32. The van der Waals surface area contributed by atoms with Crippen LogP contribution in [-0.4, -0.2) is 5.60 Å². The van der Waals surface area contributed by atoms with E-state index in [1.165, 1.54) is 18.6 Å². The first-order valence-electron chi connectivity index (χ1n) is 5.22. The van der Waals surface area contributed by atoms with Gasteiger partial charge in [-0.1, -0.05) is 6.42 Å². The predicted octanol–water partition coefficient (Wildman–Crippen LogP) is 2.58. The fraction of sp³-hybridized carbons (Fsp3) is 0.500. The van der Waals surface area contributed by atoms with E-state index in [0.29, 0.717) is 5.76 Å². The molecule has 2 fully saturated rings. The van der Waals surface area contributed by atoms with Crippen molar-refractivity contribution in [3.8, 4) is 12.1 Å². The lowest BCUT2D eigenvalue weighted by Gasteiger charge is -2.48. The highest BCUT2D eigenvalue weighted by molar-refractivity contribution is 5.47. The lowest BCUT2D eigenvalue weighted by Crippen LogP contribution is -2.46. The molecule has 2 aliphatic rings. The van der Waals surface area contributed by atoms with Crippen molar-refractivity contribution in [3.63, 3.8) is 0 Å². The van der Waals surface area contributed by atoms with Crippen LogP contribution in [0.1, 0.15) is 32.1 Å². The second-order valence-electron chi connectivity index (χ2n) is 3.98. The van der Waals surface area contributed by atoms with E-state index < -0.39 is 0 Å². The van der Waals surface area contributed by atoms with Crippen LogP contribution in [0.3, 0.4) is 0 Å². The highest BCUT2D eigenvalue weighted by Crippen LogP contribution is 2.50. The average Bonchev–Trinajstić information content (AvgIpc) is 2.27. The van der Waals surface area contributed by atoms with Gasteiger partial charge in [-0.15, -0.1) is 0 Å². The van der Waals surface area contributed by atoms with Crippen LogP contribution >= 0.6 is 0 Å². The summed E-state index contributed by atoms with van der Waals surface area (Å²) < 4.78 is 5.69. The normalized spacial score (nSPS) is 27.9. The summed E-state index contributed by atoms with van der Waals surface area (Å²) in [5.41, 5.74) is 0.683. The molecule has 0 radical (unpaired) electrons. The quantitative estimate of drug-likeness (QED) is 0.565. The number of ether oxygens (including phenoxy) is 1. The molecule has 0 unspecified atom stereocenters. The Hall–Kier alpha value is -1.74. The van der Waals surface area contributed by atoms with E-state index >= 15 is 0 Å². The van der Waals surface area contributed by atoms with E-state index in [4.69, 9.17) is 15.3 Å². The Kier molecular flexibility index (Phi) is 2.47. The molecule has 1 heterocycles. The topological polar surface area (TPSA) is 56.8 Å². The van der Waals surface area contributed by atoms with Gasteiger partial charge in [0.1, 0.15) is 11.4 Å². The third kappa shape index (κ3) is 1.51. The van der Waals surface area contributed by atoms with Gasteiger partial charge in [-0.3, -0.25) is 0 Å². The molecule has 0 amide bonds. The molecule has 0 N–H and O–H groups in total. The largest absolute Gasteiger partial charge is 0.481 e. The zero-order valence-corrected chi connectivity index (χ0v) is 8.49. The number of allylic oxidation sites excluding steroid dienone is 2. The highest BCUT2D eigenvalue weighted by Gasteiger charge is 2.48. The van der Waals surface area contributed by atoms with Crippen molar-refractivity contribution in [1.29, 1.82) is 10.5 Å². The predicted molar refractivity (Wildman–Crippen MR) is 54.3 cm³/mol. The third-order valence-electron chi connectivity index (χ3n) is 3.13. The van der Waals surface area contributed by atoms with Crippen LogP contribution in [0.15, 0.2) is 23.5 Å². The van der Waals surface area contributed by atoms with Gasteiger partial charge in [0, 0.05) is 11.6 Å². The summed E-state index contributed by atoms with van der Waals surface area (Å²) >= 11 is 0. The van der Waals surface area contributed by atoms with Crippen LogP contribution in [0.25, 0.3) is 0 Å². The van der Waals surface area contributed by atoms with Crippen molar-refractivity contribution in [2.45, 2.75) is 37.7 Å². The van der Waals surface area contributed by atoms with Crippen LogP contribution in [0, 0.1) is 22.7 Å². The molecule has 1 aliphatic carbocycles. The molecule has 15 heavy (non-hydrogen) atoms. The third-order valence-corrected chi connectivity index (χ3v) is 3.13. The fourth-order valence-corrected chi connectivity index (χ4v) is 2.43. The summed E-state index contributed by atoms with van der Waals surface area (Å²) in [6.07, 6.45) is 8.38. The van der Waals surface area contributed by atoms with Gasteiger partial charge in [0.2, 0.25) is 0 Å². The lowest BCUT2D eigenvalue weighted by molar-refractivity contribution is -0.0526. The summed E-state index contributed by atoms with van der Waals surface area (Å²) in [4.78, 5) is 0. The molecule has 0 aromatic carbocycles. The molecule has 0 bridgehead atoms. The highest BCUT2D eigenvalue weighted by atomic mass is 16.5. The van der Waals surface area contributed by atoms with Crippen molar-refractivity contribution in [2.75, 3.05) is 0 Å². The molecule has 0 aromatic rings. The summed E-state index contributed by atoms with van der Waals surface area (Å²) in [6, 6.07) is 3.98. The smallest absolute Gasteiger partial charge is 0.139 e. The van der Waals surface area contributed by atoms with Gasteiger partial charge in [0.05, 0.1) is 18.2 Å². The molecular weight excluding hydrogens is 188 g/mol. The average molecular weight is 200 g/mol. The van der Waals surface area contributed by atoms with E-state index in [-0.39, 0.29) is 5.60 Å². The first-order valence-corrected chi connectivity index (χ1v) is 5.22. The van der Waals surface area contributed by atoms with Gasteiger partial charge in [-0.2, -0.15) is 10.5 Å². The first kappa shape index (κ1) is 9.80. The summed E-state index contributed by atoms with van der Waals surface area (Å²) in [7, 11) is 0. The maximum atomic E-state index is 8.71. The number of rotatable bonds is 0. The van der Waals surface area contributed by atoms with Crippen LogP contribution < -0.4 is 0 Å². The Balaban J connectivity index is 2.25. The Morgan fingerprint density at radius 1 is 1.07 bits per heavy atom. The minimum Gasteiger partial charge on any atom is -0.481 e. The second-order valence-corrected chi connectivity index (χ2v) is 3.98. The summed E-state index contributed by atoms with van der Waals surface area (Å²) in [5, 5.41) is 17.3. The maximum Gasteiger partial charge on any atom is 0.139 e. The SMILES string of the molecule is N#C/C=C1\OC2(CCCCC2)\C1=C\C#N. The fourth-order valence-electron chi connectivity index (χ4n) is 2.43. The van der Waals surface area contributed by atoms with Gasteiger partial charge in [0.25, 0.3) is 0 Å². The molecule has 1 saturated heterocycles. The van der Waals surface area contributed by atoms with E-state index in [0.717, 1.165) is 31.3 Å². The van der Waals surface area contributed by atoms with Crippen LogP contribution in [0.2, 0.25) is 0 Å². The van der Waals surface area contributed by atoms with Gasteiger partial charge < -0.3 is 4.74 Å². The molecule has 3 heteroatoms. The standard InChI is InChI=1S/C12H12N2O/c13-8-4-10-11(5-9-14)15-12(10)6-2-1-3-7-12/h4-5H,1-3,6-7H2/b10-4+,11-5-. The van der Waals surface area contributed by atoms with Crippen LogP contribution in [-0.2, 0) is 4.74 Å². The Morgan fingerprint density at radius 2 is 1.73 bits per heavy atom. The van der Waals surface area contributed by atoms with Crippen LogP contribution in [0.5, 0.6) is 0 Å². The Morgan fingerprint density at radius 3 is 2.33 bits per heavy atom. The van der Waals surface area contributed by atoms with Gasteiger partial charge in [0.15, 0.2) is 0 Å². The summed E-state index contributed by atoms with van der Waals surface area (Å²) in [6.45, 7) is 0. The van der Waals surface area contributed by atoms with Crippen molar-refractivity contribution in [3.05, 3.63) is 23.5 Å². The number of nitriles is 2. The molecular formula is C12H12N2O. The monoisotopic (exact) mass is 200 g/mol. The summed E-state index contributed by atoms with van der Waals surface area (Å²) in [5.74, 6) is 0.584. The number of nitrogens with zero attached hydrogens (tertiary/aromatic N) is 2. The van der Waals surface area contributed by atoms with Gasteiger partial charge >= 0.3 is 0 Å². The van der Waals surface area contributed by atoms with Crippen molar-refractivity contribution < 1.29 is 4.74 Å². The van der Waals surface area contributed by atoms with E-state index in [1.807, 2.05) is 12.1 Å². The maximum absolute atomic E-state index is 8.71. The zero-order valence-electron chi connectivity index (χ0n) is 8.49. The van der Waals surface area contributed by atoms with Gasteiger partial charge in [-0.25, -0.2) is 0 Å². The van der Waals surface area contributed by atoms with Crippen LogP contribution in [0.4, 0.5) is 0 Å². The molecule has 1 saturated carbocycles. The van der Waals surface area contributed by atoms with Gasteiger partial charge in [-0.05, 0) is 25.7 Å². The molecule has 1 aliphatic heterocycles. The minimum absolute atomic E-state index is 0.239. The Labute approximate surface area is 89.3 Å². The van der Waals surface area contributed by atoms with E-state index in [9.17, 15) is 0 Å². The molecule has 1 spiro atoms.